The molecule has 1 aliphatic rings. The number of hydrogen-bond donors (Lipinski definition) is 3. The van der Waals surface area contributed by atoms with Gasteiger partial charge in [-0.2, -0.15) is 4.31 Å². The van der Waals surface area contributed by atoms with Gasteiger partial charge >= 0.3 is 7.32 Å². The molecule has 0 aliphatic carbocycles. The van der Waals surface area contributed by atoms with Gasteiger partial charge in [0.15, 0.2) is 0 Å². The van der Waals surface area contributed by atoms with Gasteiger partial charge in [0.05, 0.1) is 4.90 Å². The molecule has 0 amide bonds. The maximum atomic E-state index is 12.6. The fraction of sp³-hybridized carbons (Fsp3) is 0.538. The molecule has 0 saturated carbocycles. The van der Waals surface area contributed by atoms with Crippen LogP contribution in [0.1, 0.15) is 18.4 Å². The van der Waals surface area contributed by atoms with Gasteiger partial charge in [0.2, 0.25) is 10.0 Å². The van der Waals surface area contributed by atoms with Crippen LogP contribution in [0.25, 0.3) is 0 Å². The van der Waals surface area contributed by atoms with Gasteiger partial charge in [0.1, 0.15) is 5.75 Å². The Morgan fingerprint density at radius 1 is 1.32 bits per heavy atom. The second-order valence-corrected chi connectivity index (χ2v) is 7.34. The monoisotopic (exact) mass is 329 g/mol. The second-order valence-electron chi connectivity index (χ2n) is 5.40. The predicted octanol–water partition coefficient (Wildman–Crippen LogP) is -0.264. The highest BCUT2D eigenvalue weighted by atomic mass is 32.2. The van der Waals surface area contributed by atoms with Crippen molar-refractivity contribution in [3.63, 3.8) is 0 Å². The number of aliphatic hydroxyl groups excluding tert-OH is 1. The molecule has 0 unspecified atom stereocenters. The van der Waals surface area contributed by atoms with Crippen molar-refractivity contribution in [2.24, 2.45) is 5.92 Å². The lowest BCUT2D eigenvalue weighted by Gasteiger charge is -2.30. The molecule has 3 N–H and O–H groups in total. The van der Waals surface area contributed by atoms with E-state index >= 15 is 0 Å². The fourth-order valence-corrected chi connectivity index (χ4v) is 3.95. The molecule has 0 spiro atoms. The third-order valence-corrected chi connectivity index (χ3v) is 5.76. The quantitative estimate of drug-likeness (QED) is 0.642. The summed E-state index contributed by atoms with van der Waals surface area (Å²) in [5.74, 6) is 0.259. The van der Waals surface area contributed by atoms with Gasteiger partial charge in [0.25, 0.3) is 0 Å². The molecule has 2 rings (SSSR count). The first-order valence-corrected chi connectivity index (χ1v) is 8.53. The summed E-state index contributed by atoms with van der Waals surface area (Å²) >= 11 is 0. The standard InChI is InChI=1S/C13H20BNO6S/c1-10-2-3-12(8-13(10)21-14(17)18)22(19,20)15-6-4-11(9-16)5-7-15/h2-3,8,11,16-18H,4-7,9H2,1H3. The molecule has 0 bridgehead atoms. The minimum atomic E-state index is -3.66. The normalized spacial score (nSPS) is 17.5. The van der Waals surface area contributed by atoms with Gasteiger partial charge in [-0.1, -0.05) is 6.07 Å². The summed E-state index contributed by atoms with van der Waals surface area (Å²) in [6.45, 7) is 2.48. The Balaban J connectivity index is 2.22. The molecule has 0 radical (unpaired) electrons. The minimum absolute atomic E-state index is 0.0520. The molecule has 22 heavy (non-hydrogen) atoms. The Bertz CT molecular complexity index is 613. The van der Waals surface area contributed by atoms with E-state index in [0.717, 1.165) is 0 Å². The Hall–Kier alpha value is -1.13. The van der Waals surface area contributed by atoms with E-state index in [1.165, 1.54) is 16.4 Å². The Kier molecular flexibility index (Phi) is 5.46. The molecule has 1 saturated heterocycles. The molecular weight excluding hydrogens is 309 g/mol. The van der Waals surface area contributed by atoms with E-state index in [2.05, 4.69) is 0 Å². The van der Waals surface area contributed by atoms with Gasteiger partial charge < -0.3 is 19.8 Å². The maximum absolute atomic E-state index is 12.6. The van der Waals surface area contributed by atoms with E-state index in [9.17, 15) is 8.42 Å². The van der Waals surface area contributed by atoms with Gasteiger partial charge in [-0.25, -0.2) is 8.42 Å². The van der Waals surface area contributed by atoms with Crippen LogP contribution in [0, 0.1) is 12.8 Å². The Morgan fingerprint density at radius 3 is 2.50 bits per heavy atom. The summed E-state index contributed by atoms with van der Waals surface area (Å²) < 4.78 is 31.4. The molecule has 0 atom stereocenters. The lowest BCUT2D eigenvalue weighted by atomic mass is 10.00. The number of hydrogen-bond acceptors (Lipinski definition) is 6. The van der Waals surface area contributed by atoms with Crippen LogP contribution in [0.3, 0.4) is 0 Å². The molecule has 1 fully saturated rings. The van der Waals surface area contributed by atoms with Gasteiger partial charge in [0, 0.05) is 19.7 Å². The first kappa shape index (κ1) is 17.2. The summed E-state index contributed by atoms with van der Waals surface area (Å²) in [6.07, 6.45) is 1.25. The first-order valence-electron chi connectivity index (χ1n) is 7.09. The topological polar surface area (TPSA) is 107 Å². The smallest absolute Gasteiger partial charge is 0.512 e. The molecule has 1 heterocycles. The number of piperidine rings is 1. The summed E-state index contributed by atoms with van der Waals surface area (Å²) in [5.41, 5.74) is 0.603. The third-order valence-electron chi connectivity index (χ3n) is 3.86. The van der Waals surface area contributed by atoms with Crippen LogP contribution in [-0.4, -0.2) is 54.9 Å². The average Bonchev–Trinajstić information content (AvgIpc) is 2.49. The summed E-state index contributed by atoms with van der Waals surface area (Å²) in [7, 11) is -5.66. The maximum Gasteiger partial charge on any atom is 0.707 e. The van der Waals surface area contributed by atoms with Gasteiger partial charge in [-0.3, -0.25) is 0 Å². The Morgan fingerprint density at radius 2 is 1.95 bits per heavy atom. The third kappa shape index (κ3) is 3.79. The van der Waals surface area contributed by atoms with Crippen molar-refractivity contribution in [1.29, 1.82) is 0 Å². The van der Waals surface area contributed by atoms with E-state index in [-0.39, 0.29) is 23.2 Å². The predicted molar refractivity (Wildman–Crippen MR) is 80.6 cm³/mol. The zero-order chi connectivity index (χ0) is 16.3. The largest absolute Gasteiger partial charge is 0.707 e. The molecule has 1 aromatic rings. The van der Waals surface area contributed by atoms with Crippen molar-refractivity contribution in [1.82, 2.24) is 4.31 Å². The van der Waals surface area contributed by atoms with Gasteiger partial charge in [-0.05, 0) is 43.4 Å². The number of aryl methyl sites for hydroxylation is 1. The zero-order valence-corrected chi connectivity index (χ0v) is 13.2. The number of sulfonamides is 1. The molecule has 122 valence electrons. The Labute approximate surface area is 130 Å². The van der Waals surface area contributed by atoms with Crippen LogP contribution in [0.15, 0.2) is 23.1 Å². The number of nitrogens with zero attached hydrogens (tertiary/aromatic N) is 1. The van der Waals surface area contributed by atoms with Crippen molar-refractivity contribution in [2.45, 2.75) is 24.7 Å². The molecule has 1 aliphatic heterocycles. The number of rotatable bonds is 5. The highest BCUT2D eigenvalue weighted by molar-refractivity contribution is 7.89. The highest BCUT2D eigenvalue weighted by Gasteiger charge is 2.29. The molecule has 7 nitrogen and oxygen atoms in total. The summed E-state index contributed by atoms with van der Waals surface area (Å²) in [4.78, 5) is 0.0520. The van der Waals surface area contributed by atoms with Crippen LogP contribution in [-0.2, 0) is 10.0 Å². The zero-order valence-electron chi connectivity index (χ0n) is 12.3. The van der Waals surface area contributed by atoms with Crippen LogP contribution >= 0.6 is 0 Å². The van der Waals surface area contributed by atoms with E-state index in [1.807, 2.05) is 0 Å². The fourth-order valence-electron chi connectivity index (χ4n) is 2.46. The molecular formula is C13H20BNO6S. The van der Waals surface area contributed by atoms with E-state index in [1.54, 1.807) is 13.0 Å². The number of benzene rings is 1. The number of aliphatic hydroxyl groups is 1. The van der Waals surface area contributed by atoms with E-state index in [0.29, 0.717) is 31.5 Å². The van der Waals surface area contributed by atoms with Crippen LogP contribution in [0.2, 0.25) is 0 Å². The van der Waals surface area contributed by atoms with E-state index in [4.69, 9.17) is 19.8 Å². The lowest BCUT2D eigenvalue weighted by molar-refractivity contribution is 0.170. The lowest BCUT2D eigenvalue weighted by Crippen LogP contribution is -2.39. The summed E-state index contributed by atoms with van der Waals surface area (Å²) in [6, 6.07) is 4.33. The first-order chi connectivity index (χ1) is 10.3. The molecule has 1 aromatic carbocycles. The van der Waals surface area contributed by atoms with Crippen molar-refractivity contribution in [3.05, 3.63) is 23.8 Å². The average molecular weight is 329 g/mol. The SMILES string of the molecule is Cc1ccc(S(=O)(=O)N2CCC(CO)CC2)cc1OB(O)O. The minimum Gasteiger partial charge on any atom is -0.512 e. The van der Waals surface area contributed by atoms with Gasteiger partial charge in [-0.15, -0.1) is 0 Å². The van der Waals surface area contributed by atoms with Crippen LogP contribution in [0.5, 0.6) is 5.75 Å². The van der Waals surface area contributed by atoms with E-state index < -0.39 is 17.3 Å². The molecule has 0 aromatic heterocycles. The summed E-state index contributed by atoms with van der Waals surface area (Å²) in [5, 5.41) is 26.9. The van der Waals surface area contributed by atoms with Crippen LogP contribution in [0.4, 0.5) is 0 Å². The van der Waals surface area contributed by atoms with Crippen molar-refractivity contribution in [3.8, 4) is 5.75 Å². The van der Waals surface area contributed by atoms with Crippen LogP contribution < -0.4 is 4.65 Å². The van der Waals surface area contributed by atoms with Crippen molar-refractivity contribution >= 4 is 17.3 Å². The second kappa shape index (κ2) is 6.97. The van der Waals surface area contributed by atoms with Crippen molar-refractivity contribution in [2.75, 3.05) is 19.7 Å². The highest BCUT2D eigenvalue weighted by Crippen LogP contribution is 2.27. The molecule has 9 heteroatoms. The van der Waals surface area contributed by atoms with Crippen molar-refractivity contribution < 1.29 is 28.2 Å².